The van der Waals surface area contributed by atoms with E-state index in [1.54, 1.807) is 47.2 Å². The fourth-order valence-electron chi connectivity index (χ4n) is 3.59. The van der Waals surface area contributed by atoms with Gasteiger partial charge in [-0.25, -0.2) is 4.39 Å². The van der Waals surface area contributed by atoms with Gasteiger partial charge in [-0.15, -0.1) is 0 Å². The van der Waals surface area contributed by atoms with Crippen LogP contribution in [0.25, 0.3) is 0 Å². The zero-order valence-electron chi connectivity index (χ0n) is 17.1. The Morgan fingerprint density at radius 2 is 1.97 bits per heavy atom. The number of amides is 3. The van der Waals surface area contributed by atoms with E-state index in [0.717, 1.165) is 0 Å². The Bertz CT molecular complexity index is 984. The molecule has 1 N–H and O–H groups in total. The number of carbonyl (C=O) groups excluding carboxylic acids is 3. The number of benzene rings is 1. The first kappa shape index (κ1) is 20.5. The molecule has 1 aliphatic rings. The summed E-state index contributed by atoms with van der Waals surface area (Å²) in [5, 5.41) is 7.00. The van der Waals surface area contributed by atoms with Crippen molar-refractivity contribution in [2.45, 2.75) is 19.4 Å². The number of halogens is 1. The van der Waals surface area contributed by atoms with E-state index in [-0.39, 0.29) is 23.9 Å². The van der Waals surface area contributed by atoms with E-state index < -0.39 is 23.7 Å². The summed E-state index contributed by atoms with van der Waals surface area (Å²) in [5.41, 5.74) is 1.61. The third-order valence-corrected chi connectivity index (χ3v) is 5.30. The first-order chi connectivity index (χ1) is 13.6. The zero-order chi connectivity index (χ0) is 21.5. The smallest absolute Gasteiger partial charge is 0.276 e. The van der Waals surface area contributed by atoms with Gasteiger partial charge in [0.2, 0.25) is 11.8 Å². The Morgan fingerprint density at radius 3 is 2.59 bits per heavy atom. The minimum atomic E-state index is -0.726. The van der Waals surface area contributed by atoms with Crippen LogP contribution in [0.4, 0.5) is 10.1 Å². The average Bonchev–Trinajstić information content (AvgIpc) is 3.12. The molecule has 2 atom stereocenters. The molecule has 1 aromatic heterocycles. The minimum absolute atomic E-state index is 0.000215. The maximum Gasteiger partial charge on any atom is 0.276 e. The maximum atomic E-state index is 13.7. The lowest BCUT2D eigenvalue weighted by molar-refractivity contribution is -0.128. The molecule has 154 valence electrons. The summed E-state index contributed by atoms with van der Waals surface area (Å²) in [6, 6.07) is 5.29. The van der Waals surface area contributed by atoms with E-state index in [9.17, 15) is 18.8 Å². The van der Waals surface area contributed by atoms with Gasteiger partial charge in [-0.05, 0) is 24.6 Å². The molecule has 29 heavy (non-hydrogen) atoms. The largest absolute Gasteiger partial charge is 0.343 e. The lowest BCUT2D eigenvalue weighted by Gasteiger charge is -2.25. The Labute approximate surface area is 168 Å². The van der Waals surface area contributed by atoms with Crippen LogP contribution in [0.5, 0.6) is 0 Å². The van der Waals surface area contributed by atoms with Gasteiger partial charge in [-0.3, -0.25) is 19.1 Å². The van der Waals surface area contributed by atoms with E-state index in [2.05, 4.69) is 10.4 Å². The minimum Gasteiger partial charge on any atom is -0.343 e. The standard InChI is InChI=1S/C20H24FN5O3/c1-11-16(17(23-26(11)5)20(29)24(2)3)22-19(28)14-10-15(27)25(4)18(14)12-7-6-8-13(21)9-12/h6-9,14,18H,10H2,1-5H3,(H,22,28). The molecule has 3 rings (SSSR count). The second-order valence-electron chi connectivity index (χ2n) is 7.44. The van der Waals surface area contributed by atoms with E-state index in [4.69, 9.17) is 0 Å². The number of carbonyl (C=O) groups is 3. The Hall–Kier alpha value is -3.23. The number of aryl methyl sites for hydroxylation is 1. The molecule has 0 saturated carbocycles. The van der Waals surface area contributed by atoms with Crippen molar-refractivity contribution in [2.75, 3.05) is 26.5 Å². The summed E-state index contributed by atoms with van der Waals surface area (Å²) < 4.78 is 15.3. The van der Waals surface area contributed by atoms with Crippen molar-refractivity contribution in [1.82, 2.24) is 19.6 Å². The van der Waals surface area contributed by atoms with Crippen molar-refractivity contribution in [1.29, 1.82) is 0 Å². The van der Waals surface area contributed by atoms with E-state index in [1.807, 2.05) is 0 Å². The summed E-state index contributed by atoms with van der Waals surface area (Å²) in [4.78, 5) is 40.7. The highest BCUT2D eigenvalue weighted by Crippen LogP contribution is 2.38. The second kappa shape index (κ2) is 7.65. The molecule has 1 aliphatic heterocycles. The molecule has 0 radical (unpaired) electrons. The van der Waals surface area contributed by atoms with Gasteiger partial charge >= 0.3 is 0 Å². The quantitative estimate of drug-likeness (QED) is 0.845. The van der Waals surface area contributed by atoms with Gasteiger partial charge in [-0.1, -0.05) is 12.1 Å². The Balaban J connectivity index is 1.94. The highest BCUT2D eigenvalue weighted by atomic mass is 19.1. The molecular weight excluding hydrogens is 377 g/mol. The molecule has 2 unspecified atom stereocenters. The number of hydrogen-bond donors (Lipinski definition) is 1. The highest BCUT2D eigenvalue weighted by Gasteiger charge is 2.43. The van der Waals surface area contributed by atoms with Gasteiger partial charge in [-0.2, -0.15) is 5.10 Å². The van der Waals surface area contributed by atoms with Crippen molar-refractivity contribution in [3.8, 4) is 0 Å². The lowest BCUT2D eigenvalue weighted by atomic mass is 9.92. The normalized spacial score (nSPS) is 18.8. The predicted molar refractivity (Wildman–Crippen MR) is 105 cm³/mol. The van der Waals surface area contributed by atoms with E-state index in [1.165, 1.54) is 26.6 Å². The van der Waals surface area contributed by atoms with Gasteiger partial charge in [0.25, 0.3) is 5.91 Å². The van der Waals surface area contributed by atoms with Crippen molar-refractivity contribution in [2.24, 2.45) is 13.0 Å². The van der Waals surface area contributed by atoms with Gasteiger partial charge in [0.15, 0.2) is 5.69 Å². The molecule has 8 nitrogen and oxygen atoms in total. The van der Waals surface area contributed by atoms with Crippen LogP contribution in [0.1, 0.15) is 34.2 Å². The van der Waals surface area contributed by atoms with Crippen molar-refractivity contribution >= 4 is 23.4 Å². The number of hydrogen-bond acceptors (Lipinski definition) is 4. The van der Waals surface area contributed by atoms with E-state index in [0.29, 0.717) is 16.9 Å². The molecule has 2 aromatic rings. The molecular formula is C20H24FN5O3. The fraction of sp³-hybridized carbons (Fsp3) is 0.400. The van der Waals surface area contributed by atoms with Crippen LogP contribution in [0, 0.1) is 18.7 Å². The molecule has 2 heterocycles. The van der Waals surface area contributed by atoms with Crippen molar-refractivity contribution in [3.05, 3.63) is 47.0 Å². The van der Waals surface area contributed by atoms with Crippen LogP contribution < -0.4 is 5.32 Å². The van der Waals surface area contributed by atoms with Crippen LogP contribution >= 0.6 is 0 Å². The van der Waals surface area contributed by atoms with Crippen molar-refractivity contribution < 1.29 is 18.8 Å². The Morgan fingerprint density at radius 1 is 1.28 bits per heavy atom. The SMILES string of the molecule is Cc1c(NC(=O)C2CC(=O)N(C)C2c2cccc(F)c2)c(C(=O)N(C)C)nn1C. The molecule has 9 heteroatoms. The number of nitrogens with one attached hydrogen (secondary N) is 1. The summed E-state index contributed by atoms with van der Waals surface area (Å²) >= 11 is 0. The maximum absolute atomic E-state index is 13.7. The van der Waals surface area contributed by atoms with Gasteiger partial charge in [0.05, 0.1) is 23.3 Å². The van der Waals surface area contributed by atoms with Crippen LogP contribution in [-0.4, -0.2) is 58.4 Å². The summed E-state index contributed by atoms with van der Waals surface area (Å²) in [6.07, 6.45) is -0.000215. The molecule has 3 amide bonds. The molecule has 0 spiro atoms. The molecule has 1 fully saturated rings. The summed E-state index contributed by atoms with van der Waals surface area (Å²) in [5.74, 6) is -2.12. The van der Waals surface area contributed by atoms with Crippen LogP contribution in [0.3, 0.4) is 0 Å². The third-order valence-electron chi connectivity index (χ3n) is 5.30. The first-order valence-corrected chi connectivity index (χ1v) is 9.19. The van der Waals surface area contributed by atoms with E-state index >= 15 is 0 Å². The predicted octanol–water partition coefficient (Wildman–Crippen LogP) is 1.73. The summed E-state index contributed by atoms with van der Waals surface area (Å²) in [6.45, 7) is 1.74. The number of rotatable bonds is 4. The number of nitrogens with zero attached hydrogens (tertiary/aromatic N) is 4. The number of aromatic nitrogens is 2. The average molecular weight is 401 g/mol. The van der Waals surface area contributed by atoms with Gasteiger partial charge in [0.1, 0.15) is 5.82 Å². The highest BCUT2D eigenvalue weighted by molar-refractivity contribution is 6.04. The lowest BCUT2D eigenvalue weighted by Crippen LogP contribution is -2.31. The zero-order valence-corrected chi connectivity index (χ0v) is 17.1. The molecule has 1 aromatic carbocycles. The third kappa shape index (κ3) is 3.72. The monoisotopic (exact) mass is 401 g/mol. The Kier molecular flexibility index (Phi) is 5.41. The molecule has 0 aliphatic carbocycles. The first-order valence-electron chi connectivity index (χ1n) is 9.19. The number of anilines is 1. The number of likely N-dealkylation sites (tertiary alicyclic amines) is 1. The van der Waals surface area contributed by atoms with Crippen LogP contribution in [0.15, 0.2) is 24.3 Å². The van der Waals surface area contributed by atoms with Crippen molar-refractivity contribution in [3.63, 3.8) is 0 Å². The van der Waals surface area contributed by atoms with Crippen LogP contribution in [-0.2, 0) is 16.6 Å². The molecule has 1 saturated heterocycles. The fourth-order valence-corrected chi connectivity index (χ4v) is 3.59. The van der Waals surface area contributed by atoms with Crippen LogP contribution in [0.2, 0.25) is 0 Å². The summed E-state index contributed by atoms with van der Waals surface area (Å²) in [7, 11) is 6.48. The van der Waals surface area contributed by atoms with Gasteiger partial charge < -0.3 is 15.1 Å². The van der Waals surface area contributed by atoms with Gasteiger partial charge in [0, 0.05) is 34.6 Å². The molecule has 0 bridgehead atoms. The topological polar surface area (TPSA) is 87.5 Å². The second-order valence-corrected chi connectivity index (χ2v) is 7.44.